The first kappa shape index (κ1) is 10.2. The van der Waals surface area contributed by atoms with E-state index in [0.717, 1.165) is 19.4 Å². The molecule has 1 saturated heterocycles. The number of anilines is 1. The topological polar surface area (TPSA) is 47.4 Å². The van der Waals surface area contributed by atoms with E-state index in [2.05, 4.69) is 4.98 Å². The summed E-state index contributed by atoms with van der Waals surface area (Å²) < 4.78 is 1.63. The zero-order valence-electron chi connectivity index (χ0n) is 8.85. The van der Waals surface area contributed by atoms with Gasteiger partial charge in [0.25, 0.3) is 5.56 Å². The third-order valence-electron chi connectivity index (χ3n) is 2.48. The first-order valence-corrected chi connectivity index (χ1v) is 5.29. The van der Waals surface area contributed by atoms with E-state index in [9.17, 15) is 4.79 Å². The molecule has 1 aromatic rings. The minimum absolute atomic E-state index is 0.0816. The average molecular weight is 209 g/mol. The first-order chi connectivity index (χ1) is 7.33. The molecule has 0 aliphatic carbocycles. The molecule has 0 aromatic carbocycles. The molecule has 1 aliphatic heterocycles. The molecule has 5 nitrogen and oxygen atoms in total. The van der Waals surface area contributed by atoms with Gasteiger partial charge in [-0.2, -0.15) is 0 Å². The van der Waals surface area contributed by atoms with Crippen LogP contribution in [0.5, 0.6) is 0 Å². The molecule has 2 rings (SSSR count). The van der Waals surface area contributed by atoms with E-state index < -0.39 is 0 Å². The third-order valence-corrected chi connectivity index (χ3v) is 2.48. The van der Waals surface area contributed by atoms with Crippen molar-refractivity contribution in [3.05, 3.63) is 22.7 Å². The highest BCUT2D eigenvalue weighted by Gasteiger charge is 2.16. The van der Waals surface area contributed by atoms with Gasteiger partial charge in [-0.05, 0) is 19.8 Å². The summed E-state index contributed by atoms with van der Waals surface area (Å²) in [5, 5.41) is 1.61. The molecule has 2 heterocycles. The molecular formula is C10H15N3O2. The van der Waals surface area contributed by atoms with Crippen molar-refractivity contribution in [1.29, 1.82) is 0 Å². The van der Waals surface area contributed by atoms with Crippen LogP contribution in [0.15, 0.2) is 17.2 Å². The summed E-state index contributed by atoms with van der Waals surface area (Å²) in [6.45, 7) is 4.00. The van der Waals surface area contributed by atoms with Crippen LogP contribution in [0.2, 0.25) is 0 Å². The van der Waals surface area contributed by atoms with Crippen LogP contribution in [0, 0.1) is 0 Å². The summed E-state index contributed by atoms with van der Waals surface area (Å²) in [7, 11) is 0. The van der Waals surface area contributed by atoms with E-state index in [1.54, 1.807) is 22.0 Å². The third kappa shape index (κ3) is 2.02. The Kier molecular flexibility index (Phi) is 3.01. The highest BCUT2D eigenvalue weighted by Crippen LogP contribution is 2.11. The highest BCUT2D eigenvalue weighted by atomic mass is 16.7. The number of aromatic nitrogens is 2. The van der Waals surface area contributed by atoms with Crippen LogP contribution in [-0.2, 0) is 11.4 Å². The van der Waals surface area contributed by atoms with Gasteiger partial charge >= 0.3 is 0 Å². The Bertz CT molecular complexity index is 382. The molecular weight excluding hydrogens is 194 g/mol. The molecule has 0 spiro atoms. The fraction of sp³-hybridized carbons (Fsp3) is 0.600. The minimum Gasteiger partial charge on any atom is -0.311 e. The Morgan fingerprint density at radius 1 is 1.53 bits per heavy atom. The monoisotopic (exact) mass is 209 g/mol. The van der Waals surface area contributed by atoms with Crippen molar-refractivity contribution < 1.29 is 4.84 Å². The lowest BCUT2D eigenvalue weighted by molar-refractivity contribution is 0.0753. The molecule has 0 saturated carbocycles. The molecule has 1 aliphatic rings. The molecule has 1 fully saturated rings. The van der Waals surface area contributed by atoms with Crippen molar-refractivity contribution in [2.24, 2.45) is 0 Å². The Labute approximate surface area is 88.3 Å². The molecule has 5 heteroatoms. The molecule has 0 radical (unpaired) electrons. The normalized spacial score (nSPS) is 16.7. The van der Waals surface area contributed by atoms with E-state index in [-0.39, 0.29) is 5.56 Å². The number of rotatable bonds is 2. The standard InChI is InChI=1S/C10H15N3O2/c1-2-12-7-5-11-9(10(12)14)13-6-3-4-8-15-13/h5,7H,2-4,6,8H2,1H3. The van der Waals surface area contributed by atoms with Gasteiger partial charge in [-0.15, -0.1) is 0 Å². The predicted molar refractivity (Wildman–Crippen MR) is 56.7 cm³/mol. The fourth-order valence-electron chi connectivity index (χ4n) is 1.62. The average Bonchev–Trinajstić information content (AvgIpc) is 2.30. The van der Waals surface area contributed by atoms with Crippen LogP contribution in [0.1, 0.15) is 19.8 Å². The Morgan fingerprint density at radius 3 is 3.07 bits per heavy atom. The van der Waals surface area contributed by atoms with Gasteiger partial charge in [0.15, 0.2) is 0 Å². The molecule has 0 bridgehead atoms. The number of hydrogen-bond acceptors (Lipinski definition) is 4. The minimum atomic E-state index is -0.0816. The van der Waals surface area contributed by atoms with E-state index in [1.165, 1.54) is 0 Å². The van der Waals surface area contributed by atoms with E-state index in [0.29, 0.717) is 19.0 Å². The first-order valence-electron chi connectivity index (χ1n) is 5.29. The SMILES string of the molecule is CCn1ccnc(N2CCCCO2)c1=O. The number of aryl methyl sites for hydroxylation is 1. The second kappa shape index (κ2) is 4.44. The molecule has 15 heavy (non-hydrogen) atoms. The lowest BCUT2D eigenvalue weighted by Gasteiger charge is -2.26. The summed E-state index contributed by atoms with van der Waals surface area (Å²) in [6, 6.07) is 0. The second-order valence-corrected chi connectivity index (χ2v) is 3.48. The van der Waals surface area contributed by atoms with Crippen LogP contribution in [0.3, 0.4) is 0 Å². The maximum absolute atomic E-state index is 11.9. The maximum atomic E-state index is 11.9. The summed E-state index contributed by atoms with van der Waals surface area (Å²) in [6.07, 6.45) is 5.42. The van der Waals surface area contributed by atoms with Crippen LogP contribution in [-0.4, -0.2) is 22.7 Å². The lowest BCUT2D eigenvalue weighted by atomic mass is 10.3. The molecule has 82 valence electrons. The summed E-state index contributed by atoms with van der Waals surface area (Å²) >= 11 is 0. The van der Waals surface area contributed by atoms with Gasteiger partial charge in [0.1, 0.15) is 0 Å². The molecule has 1 aromatic heterocycles. The Hall–Kier alpha value is -1.36. The predicted octanol–water partition coefficient (Wildman–Crippen LogP) is 0.795. The molecule has 0 unspecified atom stereocenters. The maximum Gasteiger partial charge on any atom is 0.295 e. The van der Waals surface area contributed by atoms with Gasteiger partial charge in [0, 0.05) is 25.5 Å². The fourth-order valence-corrected chi connectivity index (χ4v) is 1.62. The second-order valence-electron chi connectivity index (χ2n) is 3.48. The van der Waals surface area contributed by atoms with E-state index in [4.69, 9.17) is 4.84 Å². The van der Waals surface area contributed by atoms with E-state index in [1.807, 2.05) is 6.92 Å². The van der Waals surface area contributed by atoms with Crippen molar-refractivity contribution in [3.63, 3.8) is 0 Å². The number of nitrogens with zero attached hydrogens (tertiary/aromatic N) is 3. The smallest absolute Gasteiger partial charge is 0.295 e. The zero-order chi connectivity index (χ0) is 10.7. The summed E-state index contributed by atoms with van der Waals surface area (Å²) in [5.41, 5.74) is -0.0816. The summed E-state index contributed by atoms with van der Waals surface area (Å²) in [4.78, 5) is 21.4. The lowest BCUT2D eigenvalue weighted by Crippen LogP contribution is -2.36. The van der Waals surface area contributed by atoms with Gasteiger partial charge in [-0.3, -0.25) is 9.63 Å². The van der Waals surface area contributed by atoms with Gasteiger partial charge in [0.2, 0.25) is 5.82 Å². The van der Waals surface area contributed by atoms with Crippen LogP contribution in [0.25, 0.3) is 0 Å². The van der Waals surface area contributed by atoms with Crippen LogP contribution in [0.4, 0.5) is 5.82 Å². The molecule has 0 amide bonds. The van der Waals surface area contributed by atoms with Gasteiger partial charge < -0.3 is 4.57 Å². The van der Waals surface area contributed by atoms with Gasteiger partial charge in [-0.1, -0.05) is 0 Å². The van der Waals surface area contributed by atoms with Gasteiger partial charge in [-0.25, -0.2) is 10.0 Å². The van der Waals surface area contributed by atoms with Gasteiger partial charge in [0.05, 0.1) is 6.61 Å². The van der Waals surface area contributed by atoms with E-state index >= 15 is 0 Å². The van der Waals surface area contributed by atoms with Crippen molar-refractivity contribution in [2.45, 2.75) is 26.3 Å². The van der Waals surface area contributed by atoms with Crippen molar-refractivity contribution in [3.8, 4) is 0 Å². The number of hydrogen-bond donors (Lipinski definition) is 0. The van der Waals surface area contributed by atoms with Crippen molar-refractivity contribution in [1.82, 2.24) is 9.55 Å². The largest absolute Gasteiger partial charge is 0.311 e. The molecule has 0 atom stereocenters. The highest BCUT2D eigenvalue weighted by molar-refractivity contribution is 5.32. The van der Waals surface area contributed by atoms with Crippen LogP contribution >= 0.6 is 0 Å². The summed E-state index contributed by atoms with van der Waals surface area (Å²) in [5.74, 6) is 0.402. The van der Waals surface area contributed by atoms with Crippen molar-refractivity contribution in [2.75, 3.05) is 18.2 Å². The number of hydroxylamine groups is 1. The van der Waals surface area contributed by atoms with Crippen molar-refractivity contribution >= 4 is 5.82 Å². The van der Waals surface area contributed by atoms with Crippen LogP contribution < -0.4 is 10.6 Å². The Morgan fingerprint density at radius 2 is 2.40 bits per heavy atom. The zero-order valence-corrected chi connectivity index (χ0v) is 8.85. The quantitative estimate of drug-likeness (QED) is 0.722. The molecule has 0 N–H and O–H groups in total. The Balaban J connectivity index is 2.30.